The lowest BCUT2D eigenvalue weighted by atomic mass is 10.0. The molecule has 0 radical (unpaired) electrons. The van der Waals surface area contributed by atoms with E-state index in [2.05, 4.69) is 0 Å². The zero-order valence-corrected chi connectivity index (χ0v) is 7.30. The molecule has 0 aliphatic carbocycles. The van der Waals surface area contributed by atoms with E-state index in [9.17, 15) is 13.2 Å². The Balaban J connectivity index is 3.22. The van der Waals surface area contributed by atoms with Gasteiger partial charge in [0.1, 0.15) is 0 Å². The van der Waals surface area contributed by atoms with E-state index < -0.39 is 18.3 Å². The van der Waals surface area contributed by atoms with E-state index in [0.717, 1.165) is 6.07 Å². The number of aliphatic hydroxyl groups excluding tert-OH is 1. The third-order valence-electron chi connectivity index (χ3n) is 1.88. The van der Waals surface area contributed by atoms with Crippen LogP contribution in [0, 0.1) is 0 Å². The standard InChI is InChI=1S/C9H10F3NO/c10-9(11,12)8-3-6(5-14)1-2-7(8)4-13/h1-3,14H,4-5,13H2. The first-order valence-corrected chi connectivity index (χ1v) is 3.99. The number of rotatable bonds is 2. The maximum atomic E-state index is 12.4. The highest BCUT2D eigenvalue weighted by atomic mass is 19.4. The molecule has 1 rings (SSSR count). The van der Waals surface area contributed by atoms with Crippen LogP contribution in [0.3, 0.4) is 0 Å². The Bertz CT molecular complexity index is 322. The molecule has 0 unspecified atom stereocenters. The van der Waals surface area contributed by atoms with Crippen molar-refractivity contribution in [3.05, 3.63) is 34.9 Å². The van der Waals surface area contributed by atoms with E-state index in [1.807, 2.05) is 0 Å². The number of aliphatic hydroxyl groups is 1. The van der Waals surface area contributed by atoms with Crippen LogP contribution in [0.15, 0.2) is 18.2 Å². The first-order chi connectivity index (χ1) is 6.49. The van der Waals surface area contributed by atoms with E-state index in [-0.39, 0.29) is 17.7 Å². The fourth-order valence-corrected chi connectivity index (χ4v) is 1.16. The minimum absolute atomic E-state index is 0.0368. The van der Waals surface area contributed by atoms with Gasteiger partial charge in [0.05, 0.1) is 12.2 Å². The number of benzene rings is 1. The average molecular weight is 205 g/mol. The molecule has 1 aromatic rings. The molecule has 1 aromatic carbocycles. The third-order valence-corrected chi connectivity index (χ3v) is 1.88. The van der Waals surface area contributed by atoms with Crippen molar-refractivity contribution in [3.8, 4) is 0 Å². The Kier molecular flexibility index (Phi) is 3.13. The van der Waals surface area contributed by atoms with Crippen LogP contribution >= 0.6 is 0 Å². The van der Waals surface area contributed by atoms with Gasteiger partial charge in [-0.25, -0.2) is 0 Å². The largest absolute Gasteiger partial charge is 0.416 e. The van der Waals surface area contributed by atoms with Gasteiger partial charge in [0, 0.05) is 6.54 Å². The summed E-state index contributed by atoms with van der Waals surface area (Å²) in [5, 5.41) is 8.69. The molecule has 2 nitrogen and oxygen atoms in total. The molecule has 14 heavy (non-hydrogen) atoms. The molecule has 0 aliphatic rings. The van der Waals surface area contributed by atoms with Crippen LogP contribution in [0.4, 0.5) is 13.2 Å². The summed E-state index contributed by atoms with van der Waals surface area (Å²) in [6, 6.07) is 3.63. The van der Waals surface area contributed by atoms with Crippen molar-refractivity contribution in [1.82, 2.24) is 0 Å². The highest BCUT2D eigenvalue weighted by molar-refractivity contribution is 5.33. The van der Waals surface area contributed by atoms with E-state index >= 15 is 0 Å². The zero-order valence-electron chi connectivity index (χ0n) is 7.30. The van der Waals surface area contributed by atoms with Crippen LogP contribution in [0.1, 0.15) is 16.7 Å². The number of hydrogen-bond acceptors (Lipinski definition) is 2. The molecule has 5 heteroatoms. The molecular formula is C9H10F3NO. The highest BCUT2D eigenvalue weighted by Gasteiger charge is 2.32. The van der Waals surface area contributed by atoms with E-state index in [4.69, 9.17) is 10.8 Å². The van der Waals surface area contributed by atoms with Crippen LogP contribution in [-0.2, 0) is 19.3 Å². The summed E-state index contributed by atoms with van der Waals surface area (Å²) >= 11 is 0. The van der Waals surface area contributed by atoms with Crippen LogP contribution in [0.2, 0.25) is 0 Å². The van der Waals surface area contributed by atoms with Gasteiger partial charge in [-0.15, -0.1) is 0 Å². The second kappa shape index (κ2) is 3.98. The van der Waals surface area contributed by atoms with Gasteiger partial charge in [-0.1, -0.05) is 12.1 Å². The second-order valence-corrected chi connectivity index (χ2v) is 2.85. The quantitative estimate of drug-likeness (QED) is 0.771. The van der Waals surface area contributed by atoms with Crippen molar-refractivity contribution in [2.75, 3.05) is 0 Å². The summed E-state index contributed by atoms with van der Waals surface area (Å²) in [6.45, 7) is -0.575. The maximum absolute atomic E-state index is 12.4. The summed E-state index contributed by atoms with van der Waals surface area (Å²) in [7, 11) is 0. The molecule has 0 fully saturated rings. The van der Waals surface area contributed by atoms with Crippen molar-refractivity contribution in [1.29, 1.82) is 0 Å². The van der Waals surface area contributed by atoms with Gasteiger partial charge >= 0.3 is 6.18 Å². The minimum atomic E-state index is -4.42. The Labute approximate surface area is 79.2 Å². The van der Waals surface area contributed by atoms with Crippen molar-refractivity contribution in [2.24, 2.45) is 5.73 Å². The van der Waals surface area contributed by atoms with Gasteiger partial charge in [0.25, 0.3) is 0 Å². The van der Waals surface area contributed by atoms with Crippen LogP contribution < -0.4 is 5.73 Å². The van der Waals surface area contributed by atoms with Crippen molar-refractivity contribution < 1.29 is 18.3 Å². The van der Waals surface area contributed by atoms with Crippen LogP contribution in [-0.4, -0.2) is 5.11 Å². The monoisotopic (exact) mass is 205 g/mol. The van der Waals surface area contributed by atoms with Gasteiger partial charge in [-0.05, 0) is 17.2 Å². The van der Waals surface area contributed by atoms with Crippen LogP contribution in [0.25, 0.3) is 0 Å². The Morgan fingerprint density at radius 3 is 2.36 bits per heavy atom. The normalized spacial score (nSPS) is 11.8. The fraction of sp³-hybridized carbons (Fsp3) is 0.333. The lowest BCUT2D eigenvalue weighted by Gasteiger charge is -2.12. The highest BCUT2D eigenvalue weighted by Crippen LogP contribution is 2.32. The van der Waals surface area contributed by atoms with Gasteiger partial charge < -0.3 is 10.8 Å². The second-order valence-electron chi connectivity index (χ2n) is 2.85. The van der Waals surface area contributed by atoms with Crippen LogP contribution in [0.5, 0.6) is 0 Å². The fourth-order valence-electron chi connectivity index (χ4n) is 1.16. The number of alkyl halides is 3. The molecule has 0 bridgehead atoms. The summed E-state index contributed by atoms with van der Waals surface area (Å²) in [4.78, 5) is 0. The van der Waals surface area contributed by atoms with Gasteiger partial charge in [0.15, 0.2) is 0 Å². The first kappa shape index (κ1) is 11.0. The summed E-state index contributed by atoms with van der Waals surface area (Å²) < 4.78 is 37.2. The average Bonchev–Trinajstić information content (AvgIpc) is 2.15. The van der Waals surface area contributed by atoms with Crippen molar-refractivity contribution >= 4 is 0 Å². The van der Waals surface area contributed by atoms with Gasteiger partial charge in [0.2, 0.25) is 0 Å². The molecule has 0 atom stereocenters. The number of halogens is 3. The lowest BCUT2D eigenvalue weighted by molar-refractivity contribution is -0.138. The summed E-state index contributed by atoms with van der Waals surface area (Å²) in [5.74, 6) is 0. The third kappa shape index (κ3) is 2.24. The molecular weight excluding hydrogens is 195 g/mol. The van der Waals surface area contributed by atoms with Crippen molar-refractivity contribution in [2.45, 2.75) is 19.3 Å². The Hall–Kier alpha value is -1.07. The van der Waals surface area contributed by atoms with Gasteiger partial charge in [-0.2, -0.15) is 13.2 Å². The molecule has 3 N–H and O–H groups in total. The van der Waals surface area contributed by atoms with Crippen molar-refractivity contribution in [3.63, 3.8) is 0 Å². The predicted molar refractivity (Wildman–Crippen MR) is 45.3 cm³/mol. The Morgan fingerprint density at radius 2 is 1.93 bits per heavy atom. The van der Waals surface area contributed by atoms with E-state index in [1.165, 1.54) is 12.1 Å². The summed E-state index contributed by atoms with van der Waals surface area (Å²) in [6.07, 6.45) is -4.42. The van der Waals surface area contributed by atoms with E-state index in [0.29, 0.717) is 0 Å². The molecule has 78 valence electrons. The zero-order chi connectivity index (χ0) is 10.8. The first-order valence-electron chi connectivity index (χ1n) is 3.99. The molecule has 0 spiro atoms. The summed E-state index contributed by atoms with van der Waals surface area (Å²) in [5.41, 5.74) is 4.67. The maximum Gasteiger partial charge on any atom is 0.416 e. The molecule has 0 saturated carbocycles. The van der Waals surface area contributed by atoms with Gasteiger partial charge in [-0.3, -0.25) is 0 Å². The predicted octanol–water partition coefficient (Wildman–Crippen LogP) is 1.66. The molecule has 0 aliphatic heterocycles. The Morgan fingerprint density at radius 1 is 1.29 bits per heavy atom. The number of hydrogen-bond donors (Lipinski definition) is 2. The topological polar surface area (TPSA) is 46.2 Å². The minimum Gasteiger partial charge on any atom is -0.392 e. The lowest BCUT2D eigenvalue weighted by Crippen LogP contribution is -2.12. The molecule has 0 heterocycles. The number of nitrogens with two attached hydrogens (primary N) is 1. The molecule has 0 saturated heterocycles. The smallest absolute Gasteiger partial charge is 0.392 e. The van der Waals surface area contributed by atoms with E-state index in [1.54, 1.807) is 0 Å². The molecule has 0 aromatic heterocycles. The SMILES string of the molecule is NCc1ccc(CO)cc1C(F)(F)F. The molecule has 0 amide bonds.